The molecule has 2 nitrogen and oxygen atoms in total. The molecule has 0 radical (unpaired) electrons. The summed E-state index contributed by atoms with van der Waals surface area (Å²) in [5.74, 6) is 0.728. The monoisotopic (exact) mass is 392 g/mol. The molecule has 0 aliphatic heterocycles. The molecule has 28 heavy (non-hydrogen) atoms. The van der Waals surface area contributed by atoms with Crippen LogP contribution in [0.5, 0.6) is 0 Å². The average molecular weight is 393 g/mol. The second kappa shape index (κ2) is 17.5. The molecule has 0 aromatic heterocycles. The molecule has 0 aromatic carbocycles. The fraction of sp³-hybridized carbons (Fsp3) is 0.923. The van der Waals surface area contributed by atoms with Gasteiger partial charge in [0.05, 0.1) is 0 Å². The van der Waals surface area contributed by atoms with Crippen LogP contribution in [0.15, 0.2) is 12.2 Å². The van der Waals surface area contributed by atoms with E-state index in [-0.39, 0.29) is 0 Å². The summed E-state index contributed by atoms with van der Waals surface area (Å²) in [6, 6.07) is 0. The van der Waals surface area contributed by atoms with Crippen molar-refractivity contribution < 1.29 is 0 Å². The van der Waals surface area contributed by atoms with E-state index in [1.807, 2.05) is 0 Å². The Hall–Kier alpha value is -0.340. The van der Waals surface area contributed by atoms with Crippen LogP contribution in [-0.4, -0.2) is 13.1 Å². The van der Waals surface area contributed by atoms with E-state index in [2.05, 4.69) is 19.1 Å². The maximum Gasteiger partial charge on any atom is -0.00204 e. The summed E-state index contributed by atoms with van der Waals surface area (Å²) >= 11 is 0. The van der Waals surface area contributed by atoms with Crippen LogP contribution in [0.2, 0.25) is 0 Å². The van der Waals surface area contributed by atoms with E-state index in [9.17, 15) is 0 Å². The second-order valence-electron chi connectivity index (χ2n) is 9.59. The average Bonchev–Trinajstić information content (AvgIpc) is 2.73. The molecule has 166 valence electrons. The summed E-state index contributed by atoms with van der Waals surface area (Å²) in [5.41, 5.74) is 12.5. The van der Waals surface area contributed by atoms with Crippen LogP contribution in [0.1, 0.15) is 129 Å². The van der Waals surface area contributed by atoms with Crippen LogP contribution in [0.25, 0.3) is 0 Å². The Kier molecular flexibility index (Phi) is 16.1. The van der Waals surface area contributed by atoms with Crippen molar-refractivity contribution >= 4 is 0 Å². The van der Waals surface area contributed by atoms with E-state index in [0.717, 1.165) is 19.0 Å². The van der Waals surface area contributed by atoms with Gasteiger partial charge in [-0.2, -0.15) is 0 Å². The largest absolute Gasteiger partial charge is 0.330 e. The van der Waals surface area contributed by atoms with Gasteiger partial charge in [-0.15, -0.1) is 0 Å². The van der Waals surface area contributed by atoms with Gasteiger partial charge >= 0.3 is 0 Å². The zero-order valence-corrected chi connectivity index (χ0v) is 19.2. The van der Waals surface area contributed by atoms with Crippen LogP contribution in [0.3, 0.4) is 0 Å². The van der Waals surface area contributed by atoms with Crippen molar-refractivity contribution in [1.82, 2.24) is 0 Å². The van der Waals surface area contributed by atoms with Gasteiger partial charge in [0, 0.05) is 0 Å². The molecule has 1 rings (SSSR count). The molecule has 0 amide bonds. The SMILES string of the molecule is CCCCCCCC/C=C\CCCCCCCCC1(CN)CCCC(CN)C1. The maximum atomic E-state index is 6.17. The van der Waals surface area contributed by atoms with E-state index in [1.165, 1.54) is 122 Å². The summed E-state index contributed by atoms with van der Waals surface area (Å²) in [6.07, 6.45) is 30.8. The molecular weight excluding hydrogens is 340 g/mol. The number of hydrogen-bond acceptors (Lipinski definition) is 2. The quantitative estimate of drug-likeness (QED) is 0.187. The molecule has 1 aliphatic rings. The van der Waals surface area contributed by atoms with E-state index >= 15 is 0 Å². The molecular formula is C26H52N2. The standard InChI is InChI=1S/C26H52N2/c1-2-3-4-5-6-7-8-9-10-11-12-13-14-15-16-17-20-26(24-28)21-18-19-25(22-26)23-27/h9-10,25H,2-8,11-24,27-28H2,1H3/b10-9-. The molecule has 4 N–H and O–H groups in total. The number of rotatable bonds is 18. The summed E-state index contributed by atoms with van der Waals surface area (Å²) in [5, 5.41) is 0. The topological polar surface area (TPSA) is 52.0 Å². The van der Waals surface area contributed by atoms with Crippen molar-refractivity contribution in [3.8, 4) is 0 Å². The van der Waals surface area contributed by atoms with Crippen molar-refractivity contribution in [3.63, 3.8) is 0 Å². The van der Waals surface area contributed by atoms with Gasteiger partial charge in [0.15, 0.2) is 0 Å². The fourth-order valence-corrected chi connectivity index (χ4v) is 5.05. The molecule has 0 spiro atoms. The van der Waals surface area contributed by atoms with Crippen molar-refractivity contribution in [2.24, 2.45) is 22.8 Å². The lowest BCUT2D eigenvalue weighted by atomic mass is 9.67. The first kappa shape index (κ1) is 25.7. The summed E-state index contributed by atoms with van der Waals surface area (Å²) in [7, 11) is 0. The van der Waals surface area contributed by atoms with Gasteiger partial charge in [0.1, 0.15) is 0 Å². The van der Waals surface area contributed by atoms with Crippen LogP contribution < -0.4 is 11.5 Å². The Morgan fingerprint density at radius 1 is 0.786 bits per heavy atom. The molecule has 0 heterocycles. The molecule has 2 unspecified atom stereocenters. The third-order valence-electron chi connectivity index (χ3n) is 7.03. The number of nitrogens with two attached hydrogens (primary N) is 2. The highest BCUT2D eigenvalue weighted by molar-refractivity contribution is 4.87. The number of allylic oxidation sites excluding steroid dienone is 2. The summed E-state index contributed by atoms with van der Waals surface area (Å²) < 4.78 is 0. The molecule has 0 saturated heterocycles. The summed E-state index contributed by atoms with van der Waals surface area (Å²) in [6.45, 7) is 4.01. The van der Waals surface area contributed by atoms with Gasteiger partial charge in [-0.25, -0.2) is 0 Å². The molecule has 0 aromatic rings. The third-order valence-corrected chi connectivity index (χ3v) is 7.03. The highest BCUT2D eigenvalue weighted by Gasteiger charge is 2.33. The normalized spacial score (nSPS) is 22.9. The lowest BCUT2D eigenvalue weighted by Crippen LogP contribution is -2.37. The number of unbranched alkanes of at least 4 members (excludes halogenated alkanes) is 12. The fourth-order valence-electron chi connectivity index (χ4n) is 5.05. The molecule has 1 fully saturated rings. The van der Waals surface area contributed by atoms with Crippen LogP contribution in [-0.2, 0) is 0 Å². The second-order valence-corrected chi connectivity index (χ2v) is 9.59. The van der Waals surface area contributed by atoms with E-state index in [4.69, 9.17) is 11.5 Å². The predicted molar refractivity (Wildman–Crippen MR) is 127 cm³/mol. The van der Waals surface area contributed by atoms with Gasteiger partial charge < -0.3 is 11.5 Å². The van der Waals surface area contributed by atoms with Gasteiger partial charge in [-0.05, 0) is 75.8 Å². The van der Waals surface area contributed by atoms with Gasteiger partial charge in [-0.3, -0.25) is 0 Å². The predicted octanol–water partition coefficient (Wildman–Crippen LogP) is 7.51. The van der Waals surface area contributed by atoms with Crippen LogP contribution >= 0.6 is 0 Å². The smallest absolute Gasteiger partial charge is 0.00204 e. The Morgan fingerprint density at radius 2 is 1.36 bits per heavy atom. The summed E-state index contributed by atoms with van der Waals surface area (Å²) in [4.78, 5) is 0. The zero-order valence-electron chi connectivity index (χ0n) is 19.2. The van der Waals surface area contributed by atoms with Crippen LogP contribution in [0, 0.1) is 11.3 Å². The van der Waals surface area contributed by atoms with Crippen molar-refractivity contribution in [1.29, 1.82) is 0 Å². The molecule has 0 bridgehead atoms. The molecule has 2 heteroatoms. The lowest BCUT2D eigenvalue weighted by molar-refractivity contribution is 0.132. The minimum absolute atomic E-state index is 0.420. The van der Waals surface area contributed by atoms with E-state index in [0.29, 0.717) is 5.41 Å². The van der Waals surface area contributed by atoms with Gasteiger partial charge in [0.2, 0.25) is 0 Å². The minimum atomic E-state index is 0.420. The Labute approximate surface area is 177 Å². The highest BCUT2D eigenvalue weighted by Crippen LogP contribution is 2.42. The molecule has 1 saturated carbocycles. The highest BCUT2D eigenvalue weighted by atomic mass is 14.6. The Bertz CT molecular complexity index is 365. The molecule has 2 atom stereocenters. The van der Waals surface area contributed by atoms with Crippen molar-refractivity contribution in [2.75, 3.05) is 13.1 Å². The van der Waals surface area contributed by atoms with Gasteiger partial charge in [-0.1, -0.05) is 89.7 Å². The number of hydrogen-bond donors (Lipinski definition) is 2. The minimum Gasteiger partial charge on any atom is -0.330 e. The van der Waals surface area contributed by atoms with Crippen LogP contribution in [0.4, 0.5) is 0 Å². The Balaban J connectivity index is 1.90. The first-order valence-corrected chi connectivity index (χ1v) is 12.8. The van der Waals surface area contributed by atoms with Gasteiger partial charge in [0.25, 0.3) is 0 Å². The van der Waals surface area contributed by atoms with Crippen molar-refractivity contribution in [3.05, 3.63) is 12.2 Å². The third kappa shape index (κ3) is 12.3. The zero-order chi connectivity index (χ0) is 20.3. The lowest BCUT2D eigenvalue weighted by Gasteiger charge is -2.40. The first-order chi connectivity index (χ1) is 13.8. The van der Waals surface area contributed by atoms with E-state index < -0.39 is 0 Å². The Morgan fingerprint density at radius 3 is 1.93 bits per heavy atom. The maximum absolute atomic E-state index is 6.17. The van der Waals surface area contributed by atoms with E-state index in [1.54, 1.807) is 0 Å². The van der Waals surface area contributed by atoms with Crippen molar-refractivity contribution in [2.45, 2.75) is 129 Å². The first-order valence-electron chi connectivity index (χ1n) is 12.8. The molecule has 1 aliphatic carbocycles.